The topological polar surface area (TPSA) is 119 Å². The number of rotatable bonds is 34. The Kier molecular flexibility index (Phi) is 33.1. The zero-order chi connectivity index (χ0) is 34.6. The van der Waals surface area contributed by atoms with Crippen molar-refractivity contribution < 1.29 is 24.2 Å². The van der Waals surface area contributed by atoms with Crippen LogP contribution in [0, 0.1) is 0 Å². The lowest BCUT2D eigenvalue weighted by Crippen LogP contribution is -2.40. The number of carbonyl (C=O) groups is 3. The number of carboxylic acids is 1. The zero-order valence-electron chi connectivity index (χ0n) is 30.4. The van der Waals surface area contributed by atoms with Crippen molar-refractivity contribution in [1.82, 2.24) is 5.32 Å². The summed E-state index contributed by atoms with van der Waals surface area (Å²) >= 11 is 0. The number of carbonyl (C=O) groups excluding carboxylic acids is 2. The first-order valence-corrected chi connectivity index (χ1v) is 19.3. The molecule has 0 aliphatic carbocycles. The van der Waals surface area contributed by atoms with Crippen LogP contribution >= 0.6 is 0 Å². The van der Waals surface area contributed by atoms with Crippen LogP contribution in [0.1, 0.15) is 181 Å². The summed E-state index contributed by atoms with van der Waals surface area (Å²) in [6, 6.07) is -0.869. The van der Waals surface area contributed by atoms with Gasteiger partial charge in [0.15, 0.2) is 0 Å². The van der Waals surface area contributed by atoms with E-state index in [0.29, 0.717) is 38.6 Å². The molecule has 47 heavy (non-hydrogen) atoms. The van der Waals surface area contributed by atoms with E-state index in [9.17, 15) is 19.5 Å². The van der Waals surface area contributed by atoms with Crippen molar-refractivity contribution in [2.45, 2.75) is 193 Å². The van der Waals surface area contributed by atoms with Gasteiger partial charge in [0, 0.05) is 12.8 Å². The molecule has 0 aromatic heterocycles. The Labute approximate surface area is 288 Å². The van der Waals surface area contributed by atoms with E-state index in [-0.39, 0.29) is 18.0 Å². The Balaban J connectivity index is 3.93. The summed E-state index contributed by atoms with van der Waals surface area (Å²) in [6.45, 7) is 4.78. The van der Waals surface area contributed by atoms with E-state index in [0.717, 1.165) is 57.8 Å². The molecule has 0 fully saturated rings. The minimum atomic E-state index is -1.02. The second-order valence-electron chi connectivity index (χ2n) is 13.0. The summed E-state index contributed by atoms with van der Waals surface area (Å²) in [4.78, 5) is 35.9. The van der Waals surface area contributed by atoms with Crippen LogP contribution in [0.25, 0.3) is 0 Å². The van der Waals surface area contributed by atoms with Gasteiger partial charge in [-0.05, 0) is 89.7 Å². The maximum atomic E-state index is 12.5. The third kappa shape index (κ3) is 31.9. The summed E-state index contributed by atoms with van der Waals surface area (Å²) in [5, 5.41) is 11.8. The van der Waals surface area contributed by atoms with Gasteiger partial charge in [-0.25, -0.2) is 4.79 Å². The molecular weight excluding hydrogens is 588 g/mol. The monoisotopic (exact) mass is 661 g/mol. The number of nitrogens with one attached hydrogen (secondary N) is 1. The minimum absolute atomic E-state index is 0.104. The molecule has 1 amide bonds. The fraction of sp³-hybridized carbons (Fsp3) is 0.775. The van der Waals surface area contributed by atoms with Crippen LogP contribution in [0.5, 0.6) is 0 Å². The Hall–Kier alpha value is -2.41. The predicted molar refractivity (Wildman–Crippen MR) is 197 cm³/mol. The summed E-state index contributed by atoms with van der Waals surface area (Å²) in [5.74, 6) is -1.35. The summed E-state index contributed by atoms with van der Waals surface area (Å²) in [7, 11) is 0. The Morgan fingerprint density at radius 3 is 1.81 bits per heavy atom. The SMILES string of the molecule is CCC/C=C\C(CCCCCCC(=O)NC(CCCN)C(=O)O)OC(=O)CCCCCCCCCCC/C=C\C/C=C\CCCCC. The molecule has 2 unspecified atom stereocenters. The van der Waals surface area contributed by atoms with Gasteiger partial charge in [0.1, 0.15) is 12.1 Å². The summed E-state index contributed by atoms with van der Waals surface area (Å²) in [5.41, 5.74) is 5.45. The second-order valence-corrected chi connectivity index (χ2v) is 13.0. The Bertz CT molecular complexity index is 838. The molecule has 0 bridgehead atoms. The van der Waals surface area contributed by atoms with Gasteiger partial charge in [-0.2, -0.15) is 0 Å². The molecule has 0 saturated heterocycles. The number of ether oxygens (including phenoxy) is 1. The molecule has 0 aliphatic heterocycles. The van der Waals surface area contributed by atoms with Crippen LogP contribution in [-0.2, 0) is 19.1 Å². The van der Waals surface area contributed by atoms with Crippen LogP contribution in [-0.4, -0.2) is 41.6 Å². The average Bonchev–Trinajstić information content (AvgIpc) is 3.05. The maximum Gasteiger partial charge on any atom is 0.326 e. The molecule has 4 N–H and O–H groups in total. The molecule has 0 heterocycles. The average molecular weight is 661 g/mol. The standard InChI is InChI=1S/C40H72N2O5/c1-3-5-7-8-9-10-11-12-13-14-15-16-17-18-19-20-21-22-28-34-39(44)47-36(30-25-6-4-2)31-26-23-24-27-33-38(43)42-37(40(45)46)32-29-35-41/h9-10,12-13,25,30,36-37H,3-8,11,14-24,26-29,31-35,41H2,1-2H3,(H,42,43)(H,45,46)/b10-9-,13-12-,30-25-. The fourth-order valence-electron chi connectivity index (χ4n) is 5.46. The molecule has 0 radical (unpaired) electrons. The lowest BCUT2D eigenvalue weighted by atomic mass is 10.1. The largest absolute Gasteiger partial charge is 0.480 e. The lowest BCUT2D eigenvalue weighted by molar-refractivity contribution is -0.147. The van der Waals surface area contributed by atoms with Crippen molar-refractivity contribution in [3.8, 4) is 0 Å². The van der Waals surface area contributed by atoms with Crippen molar-refractivity contribution in [3.05, 3.63) is 36.5 Å². The van der Waals surface area contributed by atoms with E-state index in [1.165, 1.54) is 77.0 Å². The first-order valence-electron chi connectivity index (χ1n) is 19.3. The third-order valence-electron chi connectivity index (χ3n) is 8.39. The van der Waals surface area contributed by atoms with E-state index in [1.807, 2.05) is 6.08 Å². The van der Waals surface area contributed by atoms with Crippen molar-refractivity contribution in [2.24, 2.45) is 5.73 Å². The molecule has 0 aliphatic rings. The van der Waals surface area contributed by atoms with Crippen LogP contribution < -0.4 is 11.1 Å². The van der Waals surface area contributed by atoms with E-state index < -0.39 is 12.0 Å². The maximum absolute atomic E-state index is 12.5. The number of carboxylic acid groups (broad SMARTS) is 1. The number of esters is 1. The molecule has 0 aromatic carbocycles. The highest BCUT2D eigenvalue weighted by Crippen LogP contribution is 2.15. The van der Waals surface area contributed by atoms with Crippen LogP contribution in [0.3, 0.4) is 0 Å². The van der Waals surface area contributed by atoms with E-state index >= 15 is 0 Å². The first kappa shape index (κ1) is 44.6. The number of allylic oxidation sites excluding steroid dienone is 5. The first-order chi connectivity index (χ1) is 22.9. The smallest absolute Gasteiger partial charge is 0.326 e. The highest BCUT2D eigenvalue weighted by Gasteiger charge is 2.19. The molecule has 0 saturated carbocycles. The molecule has 0 rings (SSSR count). The predicted octanol–water partition coefficient (Wildman–Crippen LogP) is 10.3. The van der Waals surface area contributed by atoms with Crippen molar-refractivity contribution >= 4 is 17.8 Å². The normalized spacial score (nSPS) is 13.1. The van der Waals surface area contributed by atoms with Gasteiger partial charge in [-0.15, -0.1) is 0 Å². The van der Waals surface area contributed by atoms with E-state index in [1.54, 1.807) is 0 Å². The number of nitrogens with two attached hydrogens (primary N) is 1. The van der Waals surface area contributed by atoms with Crippen molar-refractivity contribution in [1.29, 1.82) is 0 Å². The molecule has 0 spiro atoms. The van der Waals surface area contributed by atoms with Gasteiger partial charge in [-0.3, -0.25) is 9.59 Å². The zero-order valence-corrected chi connectivity index (χ0v) is 30.4. The number of hydrogen-bond acceptors (Lipinski definition) is 5. The lowest BCUT2D eigenvalue weighted by Gasteiger charge is -2.15. The fourth-order valence-corrected chi connectivity index (χ4v) is 5.46. The third-order valence-corrected chi connectivity index (χ3v) is 8.39. The molecule has 2 atom stereocenters. The van der Waals surface area contributed by atoms with Gasteiger partial charge < -0.3 is 20.9 Å². The van der Waals surface area contributed by atoms with Crippen molar-refractivity contribution in [2.75, 3.05) is 6.54 Å². The van der Waals surface area contributed by atoms with Crippen LogP contribution in [0.4, 0.5) is 0 Å². The molecule has 272 valence electrons. The van der Waals surface area contributed by atoms with E-state index in [4.69, 9.17) is 10.5 Å². The second kappa shape index (κ2) is 34.9. The van der Waals surface area contributed by atoms with Gasteiger partial charge >= 0.3 is 11.9 Å². The van der Waals surface area contributed by atoms with Gasteiger partial charge in [0.25, 0.3) is 0 Å². The number of amides is 1. The molecule has 7 nitrogen and oxygen atoms in total. The van der Waals surface area contributed by atoms with Crippen LogP contribution in [0.15, 0.2) is 36.5 Å². The molecule has 0 aromatic rings. The van der Waals surface area contributed by atoms with Crippen LogP contribution in [0.2, 0.25) is 0 Å². The minimum Gasteiger partial charge on any atom is -0.480 e. The highest BCUT2D eigenvalue weighted by atomic mass is 16.5. The van der Waals surface area contributed by atoms with Gasteiger partial charge in [-0.1, -0.05) is 121 Å². The van der Waals surface area contributed by atoms with Gasteiger partial charge in [0.2, 0.25) is 5.91 Å². The summed E-state index contributed by atoms with van der Waals surface area (Å²) < 4.78 is 5.81. The summed E-state index contributed by atoms with van der Waals surface area (Å²) in [6.07, 6.45) is 39.5. The molecule has 7 heteroatoms. The molecular formula is C40H72N2O5. The Morgan fingerprint density at radius 1 is 0.638 bits per heavy atom. The van der Waals surface area contributed by atoms with Crippen molar-refractivity contribution in [3.63, 3.8) is 0 Å². The number of unbranched alkanes of at least 4 members (excludes halogenated alkanes) is 16. The quantitative estimate of drug-likeness (QED) is 0.0359. The number of aliphatic carboxylic acids is 1. The highest BCUT2D eigenvalue weighted by molar-refractivity contribution is 5.83. The Morgan fingerprint density at radius 2 is 1.21 bits per heavy atom. The van der Waals surface area contributed by atoms with E-state index in [2.05, 4.69) is 49.5 Å². The van der Waals surface area contributed by atoms with Gasteiger partial charge in [0.05, 0.1) is 0 Å². The number of hydrogen-bond donors (Lipinski definition) is 3.